The lowest BCUT2D eigenvalue weighted by Crippen LogP contribution is -1.93. The first-order valence-corrected chi connectivity index (χ1v) is 4.81. The molecular formula is C11H14N2. The maximum atomic E-state index is 4.59. The van der Waals surface area contributed by atoms with Gasteiger partial charge in [-0.2, -0.15) is 0 Å². The quantitative estimate of drug-likeness (QED) is 0.745. The van der Waals surface area contributed by atoms with Crippen molar-refractivity contribution in [1.29, 1.82) is 0 Å². The van der Waals surface area contributed by atoms with E-state index in [2.05, 4.69) is 35.9 Å². The number of nitrogens with zero attached hydrogens (tertiary/aromatic N) is 1. The van der Waals surface area contributed by atoms with E-state index < -0.39 is 0 Å². The van der Waals surface area contributed by atoms with Gasteiger partial charge in [0.05, 0.1) is 0 Å². The predicted octanol–water partition coefficient (Wildman–Crippen LogP) is 2.69. The third kappa shape index (κ3) is 1.32. The molecule has 0 aliphatic rings. The van der Waals surface area contributed by atoms with Crippen LogP contribution < -0.4 is 0 Å². The molecule has 0 aliphatic heterocycles. The molecule has 2 heteroatoms. The average molecular weight is 174 g/mol. The highest BCUT2D eigenvalue weighted by Gasteiger charge is 2.03. The first kappa shape index (κ1) is 8.30. The summed E-state index contributed by atoms with van der Waals surface area (Å²) in [5.74, 6) is 0. The Morgan fingerprint density at radius 3 is 2.85 bits per heavy atom. The zero-order valence-electron chi connectivity index (χ0n) is 8.09. The van der Waals surface area contributed by atoms with Crippen LogP contribution in [0, 0.1) is 0 Å². The predicted molar refractivity (Wildman–Crippen MR) is 54.8 cm³/mol. The molecule has 0 saturated heterocycles. The van der Waals surface area contributed by atoms with Crippen LogP contribution in [0.15, 0.2) is 18.3 Å². The van der Waals surface area contributed by atoms with Gasteiger partial charge in [-0.15, -0.1) is 0 Å². The summed E-state index contributed by atoms with van der Waals surface area (Å²) in [6.07, 6.45) is 3.98. The monoisotopic (exact) mass is 174 g/mol. The molecule has 0 spiro atoms. The van der Waals surface area contributed by atoms with Gasteiger partial charge in [0.1, 0.15) is 0 Å². The van der Waals surface area contributed by atoms with Gasteiger partial charge in [0.2, 0.25) is 0 Å². The number of H-pyrrole nitrogens is 1. The number of hydrogen-bond donors (Lipinski definition) is 1. The highest BCUT2D eigenvalue weighted by Crippen LogP contribution is 2.17. The van der Waals surface area contributed by atoms with Crippen LogP contribution in [-0.2, 0) is 12.8 Å². The molecule has 0 saturated carbocycles. The smallest absolute Gasteiger partial charge is 0.0497 e. The zero-order chi connectivity index (χ0) is 9.26. The van der Waals surface area contributed by atoms with Gasteiger partial charge in [-0.05, 0) is 25.0 Å². The van der Waals surface area contributed by atoms with E-state index in [9.17, 15) is 0 Å². The molecule has 0 atom stereocenters. The molecule has 2 heterocycles. The molecule has 0 bridgehead atoms. The van der Waals surface area contributed by atoms with Crippen LogP contribution in [-0.4, -0.2) is 9.97 Å². The lowest BCUT2D eigenvalue weighted by Gasteiger charge is -2.02. The minimum Gasteiger partial charge on any atom is -0.361 e. The number of hydrogen-bond acceptors (Lipinski definition) is 1. The number of rotatable bonds is 2. The van der Waals surface area contributed by atoms with Crippen LogP contribution in [0.4, 0.5) is 0 Å². The standard InChI is InChI=1S/C11H14N2/c1-3-8-7-11-9(5-6-12-11)10(4-2)13-8/h5-7,12H,3-4H2,1-2H3. The van der Waals surface area contributed by atoms with Crippen LogP contribution in [0.5, 0.6) is 0 Å². The molecule has 1 N–H and O–H groups in total. The van der Waals surface area contributed by atoms with Gasteiger partial charge < -0.3 is 4.98 Å². The van der Waals surface area contributed by atoms with E-state index in [1.54, 1.807) is 0 Å². The van der Waals surface area contributed by atoms with Gasteiger partial charge in [0.25, 0.3) is 0 Å². The van der Waals surface area contributed by atoms with Crippen molar-refractivity contribution in [1.82, 2.24) is 9.97 Å². The molecule has 13 heavy (non-hydrogen) atoms. The number of pyridine rings is 1. The fourth-order valence-electron chi connectivity index (χ4n) is 1.64. The molecule has 0 aromatic carbocycles. The minimum absolute atomic E-state index is 1.00. The molecule has 0 unspecified atom stereocenters. The second-order valence-corrected chi connectivity index (χ2v) is 3.21. The van der Waals surface area contributed by atoms with Crippen molar-refractivity contribution < 1.29 is 0 Å². The van der Waals surface area contributed by atoms with Crippen molar-refractivity contribution in [2.24, 2.45) is 0 Å². The summed E-state index contributed by atoms with van der Waals surface area (Å²) in [6, 6.07) is 4.23. The Morgan fingerprint density at radius 1 is 1.31 bits per heavy atom. The van der Waals surface area contributed by atoms with Gasteiger partial charge in [0.15, 0.2) is 0 Å². The topological polar surface area (TPSA) is 28.7 Å². The van der Waals surface area contributed by atoms with Crippen LogP contribution in [0.3, 0.4) is 0 Å². The highest BCUT2D eigenvalue weighted by atomic mass is 14.7. The van der Waals surface area contributed by atoms with E-state index in [4.69, 9.17) is 0 Å². The SMILES string of the molecule is CCc1cc2[nH]ccc2c(CC)n1. The van der Waals surface area contributed by atoms with Gasteiger partial charge in [-0.25, -0.2) is 0 Å². The Labute approximate surface area is 78.0 Å². The first-order chi connectivity index (χ1) is 6.35. The second kappa shape index (κ2) is 3.21. The summed E-state index contributed by atoms with van der Waals surface area (Å²) in [6.45, 7) is 4.28. The fraction of sp³-hybridized carbons (Fsp3) is 0.364. The second-order valence-electron chi connectivity index (χ2n) is 3.21. The van der Waals surface area contributed by atoms with Gasteiger partial charge in [0, 0.05) is 28.5 Å². The summed E-state index contributed by atoms with van der Waals surface area (Å²) in [5, 5.41) is 1.26. The molecule has 0 radical (unpaired) electrons. The Balaban J connectivity index is 2.70. The maximum absolute atomic E-state index is 4.59. The Kier molecular flexibility index (Phi) is 2.05. The lowest BCUT2D eigenvalue weighted by molar-refractivity contribution is 0.971. The molecule has 2 aromatic rings. The Morgan fingerprint density at radius 2 is 2.15 bits per heavy atom. The molecule has 2 rings (SSSR count). The summed E-state index contributed by atoms with van der Waals surface area (Å²) >= 11 is 0. The summed E-state index contributed by atoms with van der Waals surface area (Å²) in [5.41, 5.74) is 3.59. The van der Waals surface area contributed by atoms with E-state index in [1.807, 2.05) is 6.20 Å². The van der Waals surface area contributed by atoms with Crippen LogP contribution >= 0.6 is 0 Å². The Hall–Kier alpha value is -1.31. The van der Waals surface area contributed by atoms with E-state index in [0.717, 1.165) is 12.8 Å². The van der Waals surface area contributed by atoms with Crippen LogP contribution in [0.2, 0.25) is 0 Å². The van der Waals surface area contributed by atoms with Crippen molar-refractivity contribution >= 4 is 10.9 Å². The number of nitrogens with one attached hydrogen (secondary N) is 1. The highest BCUT2D eigenvalue weighted by molar-refractivity contribution is 5.81. The normalized spacial score (nSPS) is 10.9. The number of aryl methyl sites for hydroxylation is 2. The van der Waals surface area contributed by atoms with Gasteiger partial charge in [-0.1, -0.05) is 13.8 Å². The molecular weight excluding hydrogens is 160 g/mol. The van der Waals surface area contributed by atoms with Crippen molar-refractivity contribution in [3.63, 3.8) is 0 Å². The molecule has 2 nitrogen and oxygen atoms in total. The van der Waals surface area contributed by atoms with Crippen LogP contribution in [0.25, 0.3) is 10.9 Å². The van der Waals surface area contributed by atoms with Gasteiger partial charge >= 0.3 is 0 Å². The van der Waals surface area contributed by atoms with Crippen molar-refractivity contribution in [3.8, 4) is 0 Å². The van der Waals surface area contributed by atoms with E-state index in [0.29, 0.717) is 0 Å². The fourth-order valence-corrected chi connectivity index (χ4v) is 1.64. The third-order valence-corrected chi connectivity index (χ3v) is 2.38. The van der Waals surface area contributed by atoms with Crippen molar-refractivity contribution in [2.75, 3.05) is 0 Å². The van der Waals surface area contributed by atoms with Crippen LogP contribution in [0.1, 0.15) is 25.2 Å². The van der Waals surface area contributed by atoms with Crippen molar-refractivity contribution in [2.45, 2.75) is 26.7 Å². The van der Waals surface area contributed by atoms with Gasteiger partial charge in [-0.3, -0.25) is 4.98 Å². The molecule has 0 fully saturated rings. The minimum atomic E-state index is 1.00. The lowest BCUT2D eigenvalue weighted by atomic mass is 10.1. The number of aromatic nitrogens is 2. The molecule has 68 valence electrons. The Bertz CT molecular complexity index is 415. The summed E-state index contributed by atoms with van der Waals surface area (Å²) in [4.78, 5) is 7.82. The number of fused-ring (bicyclic) bond motifs is 1. The third-order valence-electron chi connectivity index (χ3n) is 2.38. The summed E-state index contributed by atoms with van der Waals surface area (Å²) in [7, 11) is 0. The largest absolute Gasteiger partial charge is 0.361 e. The van der Waals surface area contributed by atoms with Crippen molar-refractivity contribution in [3.05, 3.63) is 29.7 Å². The maximum Gasteiger partial charge on any atom is 0.0497 e. The van der Waals surface area contributed by atoms with E-state index >= 15 is 0 Å². The zero-order valence-corrected chi connectivity index (χ0v) is 8.09. The van der Waals surface area contributed by atoms with E-state index in [1.165, 1.54) is 22.3 Å². The number of aromatic amines is 1. The molecule has 0 aliphatic carbocycles. The average Bonchev–Trinajstić information content (AvgIpc) is 2.63. The molecule has 0 amide bonds. The van der Waals surface area contributed by atoms with E-state index in [-0.39, 0.29) is 0 Å². The molecule has 2 aromatic heterocycles. The summed E-state index contributed by atoms with van der Waals surface area (Å²) < 4.78 is 0. The first-order valence-electron chi connectivity index (χ1n) is 4.81.